The summed E-state index contributed by atoms with van der Waals surface area (Å²) in [7, 11) is 0. The lowest BCUT2D eigenvalue weighted by Gasteiger charge is -2.24. The summed E-state index contributed by atoms with van der Waals surface area (Å²) in [5, 5.41) is 8.75. The van der Waals surface area contributed by atoms with Gasteiger partial charge in [-0.15, -0.1) is 0 Å². The molecule has 0 aliphatic rings. The van der Waals surface area contributed by atoms with Crippen LogP contribution in [-0.2, 0) is 0 Å². The van der Waals surface area contributed by atoms with Crippen molar-refractivity contribution in [3.63, 3.8) is 0 Å². The molecule has 0 aliphatic carbocycles. The van der Waals surface area contributed by atoms with Crippen LogP contribution in [0.2, 0.25) is 0 Å². The second-order valence-corrected chi connectivity index (χ2v) is 5.06. The third-order valence-electron chi connectivity index (χ3n) is 2.56. The number of nitrogens with zero attached hydrogens (tertiary/aromatic N) is 2. The van der Waals surface area contributed by atoms with E-state index in [2.05, 4.69) is 15.9 Å². The second-order valence-electron chi connectivity index (χ2n) is 4.14. The molecule has 1 aromatic carbocycles. The van der Waals surface area contributed by atoms with Crippen LogP contribution in [0.15, 0.2) is 22.7 Å². The van der Waals surface area contributed by atoms with Crippen LogP contribution in [0.25, 0.3) is 0 Å². The van der Waals surface area contributed by atoms with Gasteiger partial charge in [0.25, 0.3) is 5.91 Å². The standard InChI is InChI=1S/C13H15BrN2O/c1-9(2)16(7-6-15)13(17)12-8-11(14)5-4-10(12)3/h4-5,8-9H,7H2,1-3H3. The summed E-state index contributed by atoms with van der Waals surface area (Å²) < 4.78 is 0.868. The minimum absolute atomic E-state index is 0.0144. The van der Waals surface area contributed by atoms with E-state index in [1.807, 2.05) is 39.0 Å². The molecule has 0 atom stereocenters. The van der Waals surface area contributed by atoms with Gasteiger partial charge >= 0.3 is 0 Å². The maximum Gasteiger partial charge on any atom is 0.255 e. The molecule has 0 saturated heterocycles. The van der Waals surface area contributed by atoms with Gasteiger partial charge in [-0.05, 0) is 38.5 Å². The quantitative estimate of drug-likeness (QED) is 0.804. The van der Waals surface area contributed by atoms with Crippen LogP contribution in [0.5, 0.6) is 0 Å². The molecule has 0 spiro atoms. The predicted octanol–water partition coefficient (Wildman–Crippen LogP) is 3.13. The summed E-state index contributed by atoms with van der Waals surface area (Å²) in [5.41, 5.74) is 1.56. The fourth-order valence-corrected chi connectivity index (χ4v) is 1.91. The van der Waals surface area contributed by atoms with E-state index in [0.717, 1.165) is 10.0 Å². The SMILES string of the molecule is Cc1ccc(Br)cc1C(=O)N(CC#N)C(C)C. The zero-order valence-corrected chi connectivity index (χ0v) is 11.8. The number of carbonyl (C=O) groups excluding carboxylic acids is 1. The average Bonchev–Trinajstić information content (AvgIpc) is 2.28. The molecule has 3 nitrogen and oxygen atoms in total. The first-order valence-corrected chi connectivity index (χ1v) is 6.20. The Kier molecular flexibility index (Phi) is 4.71. The van der Waals surface area contributed by atoms with E-state index >= 15 is 0 Å². The Hall–Kier alpha value is -1.34. The van der Waals surface area contributed by atoms with Crippen LogP contribution < -0.4 is 0 Å². The number of hydrogen-bond donors (Lipinski definition) is 0. The van der Waals surface area contributed by atoms with Crippen molar-refractivity contribution in [3.8, 4) is 6.07 Å². The van der Waals surface area contributed by atoms with E-state index in [9.17, 15) is 4.79 Å². The van der Waals surface area contributed by atoms with E-state index in [1.165, 1.54) is 0 Å². The van der Waals surface area contributed by atoms with Crippen LogP contribution in [0.4, 0.5) is 0 Å². The van der Waals surface area contributed by atoms with E-state index < -0.39 is 0 Å². The second kappa shape index (κ2) is 5.83. The molecular formula is C13H15BrN2O. The predicted molar refractivity (Wildman–Crippen MR) is 70.7 cm³/mol. The van der Waals surface area contributed by atoms with Crippen molar-refractivity contribution in [3.05, 3.63) is 33.8 Å². The highest BCUT2D eigenvalue weighted by Gasteiger charge is 2.20. The molecule has 17 heavy (non-hydrogen) atoms. The Balaban J connectivity index is 3.10. The molecule has 0 unspecified atom stereocenters. The average molecular weight is 295 g/mol. The molecule has 1 aromatic rings. The molecule has 0 bridgehead atoms. The highest BCUT2D eigenvalue weighted by atomic mass is 79.9. The minimum Gasteiger partial charge on any atom is -0.323 e. The summed E-state index contributed by atoms with van der Waals surface area (Å²) in [5.74, 6) is -0.0969. The first-order chi connectivity index (χ1) is 7.97. The molecule has 0 aliphatic heterocycles. The van der Waals surface area contributed by atoms with Gasteiger partial charge < -0.3 is 4.90 Å². The fraction of sp³-hybridized carbons (Fsp3) is 0.385. The Morgan fingerprint density at radius 1 is 1.53 bits per heavy atom. The fourth-order valence-electron chi connectivity index (χ4n) is 1.54. The van der Waals surface area contributed by atoms with E-state index in [4.69, 9.17) is 5.26 Å². The zero-order chi connectivity index (χ0) is 13.0. The van der Waals surface area contributed by atoms with Gasteiger partial charge in [0.1, 0.15) is 6.54 Å². The lowest BCUT2D eigenvalue weighted by atomic mass is 10.1. The van der Waals surface area contributed by atoms with Crippen molar-refractivity contribution in [2.75, 3.05) is 6.54 Å². The molecule has 0 radical (unpaired) electrons. The van der Waals surface area contributed by atoms with Crippen LogP contribution in [0.3, 0.4) is 0 Å². The Labute approximate surface area is 110 Å². The number of hydrogen-bond acceptors (Lipinski definition) is 2. The van der Waals surface area contributed by atoms with Crippen molar-refractivity contribution in [1.29, 1.82) is 5.26 Å². The van der Waals surface area contributed by atoms with E-state index in [0.29, 0.717) is 5.56 Å². The Bertz CT molecular complexity index is 463. The van der Waals surface area contributed by atoms with Crippen LogP contribution in [-0.4, -0.2) is 23.4 Å². The molecule has 0 fully saturated rings. The zero-order valence-electron chi connectivity index (χ0n) is 10.2. The van der Waals surface area contributed by atoms with Gasteiger partial charge in [-0.25, -0.2) is 0 Å². The summed E-state index contributed by atoms with van der Waals surface area (Å²) in [6.45, 7) is 5.82. The lowest BCUT2D eigenvalue weighted by Crippen LogP contribution is -2.37. The van der Waals surface area contributed by atoms with Crippen LogP contribution >= 0.6 is 15.9 Å². The third-order valence-corrected chi connectivity index (χ3v) is 3.05. The normalized spacial score (nSPS) is 10.1. The van der Waals surface area contributed by atoms with Crippen LogP contribution in [0.1, 0.15) is 29.8 Å². The highest BCUT2D eigenvalue weighted by Crippen LogP contribution is 2.18. The smallest absolute Gasteiger partial charge is 0.255 e. The van der Waals surface area contributed by atoms with Gasteiger partial charge in [0.2, 0.25) is 0 Å². The number of nitriles is 1. The van der Waals surface area contributed by atoms with Crippen molar-refractivity contribution >= 4 is 21.8 Å². The lowest BCUT2D eigenvalue weighted by molar-refractivity contribution is 0.0730. The van der Waals surface area contributed by atoms with E-state index in [-0.39, 0.29) is 18.5 Å². The van der Waals surface area contributed by atoms with Gasteiger partial charge in [0, 0.05) is 16.1 Å². The number of aryl methyl sites for hydroxylation is 1. The number of halogens is 1. The number of carbonyl (C=O) groups is 1. The largest absolute Gasteiger partial charge is 0.323 e. The van der Waals surface area contributed by atoms with Crippen LogP contribution in [0, 0.1) is 18.3 Å². The maximum atomic E-state index is 12.3. The number of amides is 1. The maximum absolute atomic E-state index is 12.3. The molecule has 1 amide bonds. The molecular weight excluding hydrogens is 280 g/mol. The molecule has 90 valence electrons. The molecule has 0 aromatic heterocycles. The van der Waals surface area contributed by atoms with Crippen molar-refractivity contribution < 1.29 is 4.79 Å². The first-order valence-electron chi connectivity index (χ1n) is 5.41. The van der Waals surface area contributed by atoms with Crippen molar-refractivity contribution in [1.82, 2.24) is 4.90 Å². The summed E-state index contributed by atoms with van der Waals surface area (Å²) in [4.78, 5) is 13.9. The summed E-state index contributed by atoms with van der Waals surface area (Å²) in [6.07, 6.45) is 0. The van der Waals surface area contributed by atoms with Gasteiger partial charge in [-0.3, -0.25) is 4.79 Å². The molecule has 0 N–H and O–H groups in total. The van der Waals surface area contributed by atoms with Crippen molar-refractivity contribution in [2.45, 2.75) is 26.8 Å². The van der Waals surface area contributed by atoms with E-state index in [1.54, 1.807) is 11.0 Å². The topological polar surface area (TPSA) is 44.1 Å². The Morgan fingerprint density at radius 3 is 2.71 bits per heavy atom. The number of benzene rings is 1. The molecule has 4 heteroatoms. The molecule has 0 saturated carbocycles. The minimum atomic E-state index is -0.0969. The number of rotatable bonds is 3. The van der Waals surface area contributed by atoms with Gasteiger partial charge in [-0.2, -0.15) is 5.26 Å². The van der Waals surface area contributed by atoms with Gasteiger partial charge in [0.15, 0.2) is 0 Å². The summed E-state index contributed by atoms with van der Waals surface area (Å²) >= 11 is 3.35. The summed E-state index contributed by atoms with van der Waals surface area (Å²) in [6, 6.07) is 7.63. The van der Waals surface area contributed by atoms with Crippen molar-refractivity contribution in [2.24, 2.45) is 0 Å². The third kappa shape index (κ3) is 3.31. The first kappa shape index (κ1) is 13.7. The van der Waals surface area contributed by atoms with Gasteiger partial charge in [-0.1, -0.05) is 22.0 Å². The monoisotopic (exact) mass is 294 g/mol. The Morgan fingerprint density at radius 2 is 2.18 bits per heavy atom. The molecule has 0 heterocycles. The van der Waals surface area contributed by atoms with Gasteiger partial charge in [0.05, 0.1) is 6.07 Å². The highest BCUT2D eigenvalue weighted by molar-refractivity contribution is 9.10. The molecule has 1 rings (SSSR count).